The fourth-order valence-electron chi connectivity index (χ4n) is 2.16. The van der Waals surface area contributed by atoms with E-state index in [0.717, 1.165) is 22.7 Å². The molecule has 118 valence electrons. The second kappa shape index (κ2) is 6.33. The van der Waals surface area contributed by atoms with Gasteiger partial charge in [0.05, 0.1) is 17.9 Å². The second-order valence-corrected chi connectivity index (χ2v) is 5.85. The number of carbonyl (C=O) groups excluding carboxylic acids is 1. The first-order valence-corrected chi connectivity index (χ1v) is 8.02. The summed E-state index contributed by atoms with van der Waals surface area (Å²) in [6, 6.07) is 5.68. The molecule has 1 N–H and O–H groups in total. The van der Waals surface area contributed by atoms with Gasteiger partial charge in [0.25, 0.3) is 5.56 Å². The van der Waals surface area contributed by atoms with Crippen molar-refractivity contribution >= 4 is 39.7 Å². The van der Waals surface area contributed by atoms with Crippen molar-refractivity contribution in [3.63, 3.8) is 0 Å². The monoisotopic (exact) mass is 330 g/mol. The third-order valence-electron chi connectivity index (χ3n) is 3.17. The van der Waals surface area contributed by atoms with E-state index in [1.54, 1.807) is 6.92 Å². The Morgan fingerprint density at radius 1 is 1.30 bits per heavy atom. The van der Waals surface area contributed by atoms with E-state index in [-0.39, 0.29) is 22.8 Å². The van der Waals surface area contributed by atoms with Gasteiger partial charge < -0.3 is 4.74 Å². The van der Waals surface area contributed by atoms with Crippen LogP contribution < -0.4 is 5.56 Å². The molecule has 3 aromatic rings. The Hall–Kier alpha value is -2.48. The number of fused-ring (bicyclic) bond motifs is 3. The Labute approximate surface area is 135 Å². The Kier molecular flexibility index (Phi) is 4.24. The molecule has 7 nitrogen and oxygen atoms in total. The first kappa shape index (κ1) is 15.4. The van der Waals surface area contributed by atoms with Crippen LogP contribution in [0.25, 0.3) is 21.9 Å². The lowest BCUT2D eigenvalue weighted by Crippen LogP contribution is -2.13. The first-order valence-electron chi connectivity index (χ1n) is 7.04. The van der Waals surface area contributed by atoms with Gasteiger partial charge in [0, 0.05) is 5.39 Å². The largest absolute Gasteiger partial charge is 0.465 e. The highest BCUT2D eigenvalue weighted by molar-refractivity contribution is 7.99. The minimum atomic E-state index is -0.378. The highest BCUT2D eigenvalue weighted by atomic mass is 32.2. The van der Waals surface area contributed by atoms with Gasteiger partial charge in [-0.05, 0) is 26.0 Å². The van der Waals surface area contributed by atoms with Crippen LogP contribution in [0.4, 0.5) is 0 Å². The summed E-state index contributed by atoms with van der Waals surface area (Å²) in [5.74, 6) is -0.272. The van der Waals surface area contributed by atoms with Crippen LogP contribution in [0, 0.1) is 6.92 Å². The number of aromatic amines is 1. The van der Waals surface area contributed by atoms with Crippen LogP contribution >= 0.6 is 11.8 Å². The summed E-state index contributed by atoms with van der Waals surface area (Å²) in [7, 11) is 0. The Balaban J connectivity index is 2.08. The summed E-state index contributed by atoms with van der Waals surface area (Å²) in [6.07, 6.45) is 0. The number of rotatable bonds is 4. The lowest BCUT2D eigenvalue weighted by atomic mass is 10.1. The van der Waals surface area contributed by atoms with Gasteiger partial charge in [0.15, 0.2) is 10.7 Å². The molecule has 23 heavy (non-hydrogen) atoms. The van der Waals surface area contributed by atoms with Crippen molar-refractivity contribution in [1.82, 2.24) is 20.2 Å². The summed E-state index contributed by atoms with van der Waals surface area (Å²) in [4.78, 5) is 30.7. The third kappa shape index (κ3) is 3.16. The van der Waals surface area contributed by atoms with Crippen molar-refractivity contribution in [3.8, 4) is 0 Å². The Morgan fingerprint density at radius 3 is 2.91 bits per heavy atom. The smallest absolute Gasteiger partial charge is 0.316 e. The minimum Gasteiger partial charge on any atom is -0.465 e. The number of thioether (sulfide) groups is 1. The zero-order valence-electron chi connectivity index (χ0n) is 12.6. The van der Waals surface area contributed by atoms with E-state index in [1.165, 1.54) is 0 Å². The van der Waals surface area contributed by atoms with Crippen molar-refractivity contribution in [1.29, 1.82) is 0 Å². The van der Waals surface area contributed by atoms with E-state index in [9.17, 15) is 9.59 Å². The summed E-state index contributed by atoms with van der Waals surface area (Å²) < 4.78 is 4.87. The predicted molar refractivity (Wildman–Crippen MR) is 87.6 cm³/mol. The van der Waals surface area contributed by atoms with E-state index in [2.05, 4.69) is 20.2 Å². The molecule has 0 saturated heterocycles. The molecule has 2 heterocycles. The molecule has 0 saturated carbocycles. The highest BCUT2D eigenvalue weighted by Gasteiger charge is 2.12. The number of aromatic nitrogens is 4. The van der Waals surface area contributed by atoms with Crippen LogP contribution in [0.2, 0.25) is 0 Å². The van der Waals surface area contributed by atoms with Crippen molar-refractivity contribution in [2.45, 2.75) is 19.0 Å². The number of hydrogen-bond acceptors (Lipinski definition) is 7. The molecule has 0 atom stereocenters. The fourth-order valence-corrected chi connectivity index (χ4v) is 2.81. The number of carbonyl (C=O) groups is 1. The summed E-state index contributed by atoms with van der Waals surface area (Å²) in [5.41, 5.74) is 1.99. The maximum atomic E-state index is 12.2. The number of benzene rings is 1. The molecule has 0 bridgehead atoms. The van der Waals surface area contributed by atoms with E-state index in [1.807, 2.05) is 25.1 Å². The number of nitrogens with one attached hydrogen (secondary N) is 1. The van der Waals surface area contributed by atoms with Crippen molar-refractivity contribution in [3.05, 3.63) is 34.1 Å². The lowest BCUT2D eigenvalue weighted by Gasteiger charge is -2.05. The molecule has 2 aromatic heterocycles. The molecule has 0 aliphatic heterocycles. The van der Waals surface area contributed by atoms with Crippen LogP contribution in [0.15, 0.2) is 28.2 Å². The van der Waals surface area contributed by atoms with Gasteiger partial charge in [0.1, 0.15) is 5.52 Å². The molecule has 0 aliphatic rings. The van der Waals surface area contributed by atoms with Gasteiger partial charge in [0.2, 0.25) is 0 Å². The van der Waals surface area contributed by atoms with Gasteiger partial charge in [-0.1, -0.05) is 23.4 Å². The van der Waals surface area contributed by atoms with Crippen LogP contribution in [0.1, 0.15) is 12.5 Å². The molecule has 1 aromatic carbocycles. The van der Waals surface area contributed by atoms with Crippen LogP contribution in [0.5, 0.6) is 0 Å². The summed E-state index contributed by atoms with van der Waals surface area (Å²) in [6.45, 7) is 4.02. The third-order valence-corrected chi connectivity index (χ3v) is 4.02. The topological polar surface area (TPSA) is 97.8 Å². The van der Waals surface area contributed by atoms with Crippen LogP contribution in [0.3, 0.4) is 0 Å². The van der Waals surface area contributed by atoms with E-state index in [4.69, 9.17) is 4.74 Å². The van der Waals surface area contributed by atoms with Gasteiger partial charge in [-0.3, -0.25) is 14.6 Å². The van der Waals surface area contributed by atoms with Crippen LogP contribution in [-0.4, -0.2) is 38.5 Å². The average Bonchev–Trinajstić information content (AvgIpc) is 2.53. The minimum absolute atomic E-state index is 0.0811. The van der Waals surface area contributed by atoms with Crippen molar-refractivity contribution in [2.24, 2.45) is 0 Å². The number of hydrogen-bond donors (Lipinski definition) is 1. The summed E-state index contributed by atoms with van der Waals surface area (Å²) in [5, 5.41) is 9.11. The normalized spacial score (nSPS) is 11.0. The zero-order chi connectivity index (χ0) is 16.4. The quantitative estimate of drug-likeness (QED) is 0.337. The van der Waals surface area contributed by atoms with Crippen LogP contribution in [-0.2, 0) is 9.53 Å². The number of nitrogens with zero attached hydrogens (tertiary/aromatic N) is 3. The summed E-state index contributed by atoms with van der Waals surface area (Å²) >= 11 is 1.12. The fraction of sp³-hybridized carbons (Fsp3) is 0.267. The SMILES string of the molecule is CCOC(=O)CSc1nc2c(nnc3ccc(C)cc32)c(=O)[nH]1. The van der Waals surface area contributed by atoms with E-state index in [0.29, 0.717) is 22.8 Å². The molecular weight excluding hydrogens is 316 g/mol. The zero-order valence-corrected chi connectivity index (χ0v) is 13.4. The molecule has 0 amide bonds. The second-order valence-electron chi connectivity index (χ2n) is 4.88. The van der Waals surface area contributed by atoms with Gasteiger partial charge >= 0.3 is 5.97 Å². The number of esters is 1. The van der Waals surface area contributed by atoms with Gasteiger partial charge in [-0.2, -0.15) is 0 Å². The standard InChI is InChI=1S/C15H14N4O3S/c1-3-22-11(20)7-23-15-16-12-9-6-8(2)4-5-10(9)18-19-13(12)14(21)17-15/h4-6H,3,7H2,1-2H3,(H,16,17,21). The Morgan fingerprint density at radius 2 is 2.13 bits per heavy atom. The molecule has 3 rings (SSSR count). The Bertz CT molecular complexity index is 954. The molecule has 0 unspecified atom stereocenters. The molecule has 0 spiro atoms. The highest BCUT2D eigenvalue weighted by Crippen LogP contribution is 2.21. The molecule has 0 fully saturated rings. The number of H-pyrrole nitrogens is 1. The molecule has 0 aliphatic carbocycles. The lowest BCUT2D eigenvalue weighted by molar-refractivity contribution is -0.139. The molecular formula is C15H14N4O3S. The maximum absolute atomic E-state index is 12.2. The maximum Gasteiger partial charge on any atom is 0.316 e. The molecule has 8 heteroatoms. The van der Waals surface area contributed by atoms with Crippen molar-refractivity contribution < 1.29 is 9.53 Å². The number of ether oxygens (including phenoxy) is 1. The van der Waals surface area contributed by atoms with E-state index >= 15 is 0 Å². The van der Waals surface area contributed by atoms with Gasteiger partial charge in [-0.25, -0.2) is 4.98 Å². The molecule has 0 radical (unpaired) electrons. The van der Waals surface area contributed by atoms with Gasteiger partial charge in [-0.15, -0.1) is 10.2 Å². The first-order chi connectivity index (χ1) is 11.1. The average molecular weight is 330 g/mol. The predicted octanol–water partition coefficient (Wildman–Crippen LogP) is 1.83. The van der Waals surface area contributed by atoms with E-state index < -0.39 is 0 Å². The van der Waals surface area contributed by atoms with Crippen molar-refractivity contribution in [2.75, 3.05) is 12.4 Å². The number of aryl methyl sites for hydroxylation is 1.